The van der Waals surface area contributed by atoms with Crippen molar-refractivity contribution in [3.63, 3.8) is 0 Å². The number of carbonyl (C=O) groups is 1. The van der Waals surface area contributed by atoms with Gasteiger partial charge in [0, 0.05) is 5.92 Å². The third-order valence-corrected chi connectivity index (χ3v) is 2.57. The lowest BCUT2D eigenvalue weighted by Crippen LogP contribution is -2.38. The lowest BCUT2D eigenvalue weighted by atomic mass is 9.83. The highest BCUT2D eigenvalue weighted by atomic mass is 16.4. The Kier molecular flexibility index (Phi) is 3.86. The summed E-state index contributed by atoms with van der Waals surface area (Å²) >= 11 is 0. The summed E-state index contributed by atoms with van der Waals surface area (Å²) in [6.07, 6.45) is 0. The number of benzene rings is 1. The van der Waals surface area contributed by atoms with Gasteiger partial charge >= 0.3 is 5.97 Å². The molecule has 1 aromatic carbocycles. The van der Waals surface area contributed by atoms with Crippen molar-refractivity contribution >= 4 is 5.97 Å². The predicted octanol–water partition coefficient (Wildman–Crippen LogP) is 1.84. The van der Waals surface area contributed by atoms with Crippen LogP contribution in [0.25, 0.3) is 0 Å². The number of aliphatic carboxylic acids is 1. The van der Waals surface area contributed by atoms with Crippen LogP contribution in [0.3, 0.4) is 0 Å². The SMILES string of the molecule is CC(C)[C@H](c1ccccc1)[C@H](N)C(=O)O. The highest BCUT2D eigenvalue weighted by Gasteiger charge is 2.28. The number of nitrogens with two attached hydrogens (primary N) is 1. The fraction of sp³-hybridized carbons (Fsp3) is 0.417. The first-order chi connectivity index (χ1) is 7.04. The molecule has 0 spiro atoms. The Balaban J connectivity index is 2.99. The van der Waals surface area contributed by atoms with Gasteiger partial charge in [0.1, 0.15) is 6.04 Å². The first kappa shape index (κ1) is 11.7. The molecule has 0 unspecified atom stereocenters. The Hall–Kier alpha value is -1.35. The van der Waals surface area contributed by atoms with Gasteiger partial charge in [-0.2, -0.15) is 0 Å². The lowest BCUT2D eigenvalue weighted by molar-refractivity contribution is -0.139. The van der Waals surface area contributed by atoms with Crippen molar-refractivity contribution in [2.24, 2.45) is 11.7 Å². The molecule has 0 aliphatic carbocycles. The molecule has 0 aromatic heterocycles. The van der Waals surface area contributed by atoms with E-state index in [1.54, 1.807) is 0 Å². The Bertz CT molecular complexity index is 322. The number of carboxylic acids is 1. The Morgan fingerprint density at radius 2 is 1.80 bits per heavy atom. The summed E-state index contributed by atoms with van der Waals surface area (Å²) in [6, 6.07) is 8.72. The number of rotatable bonds is 4. The van der Waals surface area contributed by atoms with E-state index in [-0.39, 0.29) is 11.8 Å². The molecule has 0 saturated heterocycles. The maximum absolute atomic E-state index is 10.9. The first-order valence-electron chi connectivity index (χ1n) is 5.07. The zero-order chi connectivity index (χ0) is 11.4. The summed E-state index contributed by atoms with van der Waals surface area (Å²) in [4.78, 5) is 10.9. The van der Waals surface area contributed by atoms with Gasteiger partial charge in [0.25, 0.3) is 0 Å². The molecule has 82 valence electrons. The van der Waals surface area contributed by atoms with E-state index in [9.17, 15) is 4.79 Å². The molecule has 0 fully saturated rings. The smallest absolute Gasteiger partial charge is 0.321 e. The van der Waals surface area contributed by atoms with Crippen LogP contribution in [0, 0.1) is 5.92 Å². The monoisotopic (exact) mass is 207 g/mol. The third-order valence-electron chi connectivity index (χ3n) is 2.57. The minimum absolute atomic E-state index is 0.135. The van der Waals surface area contributed by atoms with E-state index in [1.165, 1.54) is 0 Å². The zero-order valence-electron chi connectivity index (χ0n) is 9.05. The predicted molar refractivity (Wildman–Crippen MR) is 59.6 cm³/mol. The van der Waals surface area contributed by atoms with Crippen molar-refractivity contribution in [3.8, 4) is 0 Å². The fourth-order valence-electron chi connectivity index (χ4n) is 1.84. The van der Waals surface area contributed by atoms with Crippen LogP contribution in [0.15, 0.2) is 30.3 Å². The second kappa shape index (κ2) is 4.94. The molecule has 15 heavy (non-hydrogen) atoms. The molecule has 0 aliphatic heterocycles. The lowest BCUT2D eigenvalue weighted by Gasteiger charge is -2.24. The molecule has 3 nitrogen and oxygen atoms in total. The third kappa shape index (κ3) is 2.80. The van der Waals surface area contributed by atoms with E-state index in [0.29, 0.717) is 0 Å². The van der Waals surface area contributed by atoms with Gasteiger partial charge in [-0.05, 0) is 11.5 Å². The van der Waals surface area contributed by atoms with E-state index >= 15 is 0 Å². The van der Waals surface area contributed by atoms with Gasteiger partial charge in [0.2, 0.25) is 0 Å². The standard InChI is InChI=1S/C12H17NO2/c1-8(2)10(11(13)12(14)15)9-6-4-3-5-7-9/h3-8,10-11H,13H2,1-2H3,(H,14,15)/t10-,11+/m1/s1. The summed E-state index contributed by atoms with van der Waals surface area (Å²) in [5, 5.41) is 8.94. The average Bonchev–Trinajstić information content (AvgIpc) is 2.18. The number of hydrogen-bond donors (Lipinski definition) is 2. The number of hydrogen-bond acceptors (Lipinski definition) is 2. The van der Waals surface area contributed by atoms with E-state index in [4.69, 9.17) is 10.8 Å². The van der Waals surface area contributed by atoms with Crippen LogP contribution >= 0.6 is 0 Å². The van der Waals surface area contributed by atoms with Gasteiger partial charge in [-0.3, -0.25) is 4.79 Å². The van der Waals surface area contributed by atoms with Crippen molar-refractivity contribution in [2.45, 2.75) is 25.8 Å². The molecule has 1 aromatic rings. The Labute approximate surface area is 89.9 Å². The summed E-state index contributed by atoms with van der Waals surface area (Å²) in [6.45, 7) is 3.97. The largest absolute Gasteiger partial charge is 0.480 e. The van der Waals surface area contributed by atoms with Crippen molar-refractivity contribution in [1.82, 2.24) is 0 Å². The molecule has 0 amide bonds. The van der Waals surface area contributed by atoms with E-state index in [0.717, 1.165) is 5.56 Å². The molecular weight excluding hydrogens is 190 g/mol. The zero-order valence-corrected chi connectivity index (χ0v) is 9.05. The van der Waals surface area contributed by atoms with Gasteiger partial charge in [0.15, 0.2) is 0 Å². The quantitative estimate of drug-likeness (QED) is 0.791. The Morgan fingerprint density at radius 3 is 2.20 bits per heavy atom. The molecular formula is C12H17NO2. The number of carboxylic acid groups (broad SMARTS) is 1. The molecule has 0 aliphatic rings. The molecule has 0 radical (unpaired) electrons. The molecule has 0 bridgehead atoms. The first-order valence-corrected chi connectivity index (χ1v) is 5.07. The summed E-state index contributed by atoms with van der Waals surface area (Å²) in [7, 11) is 0. The maximum atomic E-state index is 10.9. The van der Waals surface area contributed by atoms with Gasteiger partial charge in [-0.15, -0.1) is 0 Å². The summed E-state index contributed by atoms with van der Waals surface area (Å²) < 4.78 is 0. The minimum Gasteiger partial charge on any atom is -0.480 e. The molecule has 2 atom stereocenters. The van der Waals surface area contributed by atoms with Crippen LogP contribution in [0.1, 0.15) is 25.3 Å². The topological polar surface area (TPSA) is 63.3 Å². The molecule has 3 N–H and O–H groups in total. The summed E-state index contributed by atoms with van der Waals surface area (Å²) in [5.74, 6) is -0.875. The van der Waals surface area contributed by atoms with Gasteiger partial charge < -0.3 is 10.8 Å². The van der Waals surface area contributed by atoms with Gasteiger partial charge in [-0.25, -0.2) is 0 Å². The van der Waals surface area contributed by atoms with E-state index in [1.807, 2.05) is 44.2 Å². The van der Waals surface area contributed by atoms with Crippen LogP contribution in [-0.2, 0) is 4.79 Å². The maximum Gasteiger partial charge on any atom is 0.321 e. The highest BCUT2D eigenvalue weighted by molar-refractivity contribution is 5.74. The molecule has 3 heteroatoms. The Morgan fingerprint density at radius 1 is 1.27 bits per heavy atom. The van der Waals surface area contributed by atoms with Crippen LogP contribution in [0.2, 0.25) is 0 Å². The summed E-state index contributed by atoms with van der Waals surface area (Å²) in [5.41, 5.74) is 6.68. The second-order valence-corrected chi connectivity index (χ2v) is 4.04. The molecule has 0 heterocycles. The average molecular weight is 207 g/mol. The van der Waals surface area contributed by atoms with E-state index in [2.05, 4.69) is 0 Å². The minimum atomic E-state index is -0.947. The van der Waals surface area contributed by atoms with E-state index < -0.39 is 12.0 Å². The van der Waals surface area contributed by atoms with Crippen molar-refractivity contribution < 1.29 is 9.90 Å². The van der Waals surface area contributed by atoms with Crippen LogP contribution in [0.5, 0.6) is 0 Å². The fourth-order valence-corrected chi connectivity index (χ4v) is 1.84. The molecule has 0 saturated carbocycles. The van der Waals surface area contributed by atoms with Crippen LogP contribution in [-0.4, -0.2) is 17.1 Å². The van der Waals surface area contributed by atoms with Crippen molar-refractivity contribution in [3.05, 3.63) is 35.9 Å². The highest BCUT2D eigenvalue weighted by Crippen LogP contribution is 2.26. The molecule has 1 rings (SSSR count). The normalized spacial score (nSPS) is 14.9. The van der Waals surface area contributed by atoms with Crippen LogP contribution < -0.4 is 5.73 Å². The van der Waals surface area contributed by atoms with Gasteiger partial charge in [-0.1, -0.05) is 44.2 Å². The van der Waals surface area contributed by atoms with Crippen molar-refractivity contribution in [1.29, 1.82) is 0 Å². The van der Waals surface area contributed by atoms with Gasteiger partial charge in [0.05, 0.1) is 0 Å². The van der Waals surface area contributed by atoms with Crippen LogP contribution in [0.4, 0.5) is 0 Å². The second-order valence-electron chi connectivity index (χ2n) is 4.04. The van der Waals surface area contributed by atoms with Crippen molar-refractivity contribution in [2.75, 3.05) is 0 Å².